The van der Waals surface area contributed by atoms with Crippen LogP contribution < -0.4 is 0 Å². The van der Waals surface area contributed by atoms with Crippen molar-refractivity contribution in [2.24, 2.45) is 5.41 Å². The largest absolute Gasteiger partial charge is 0.481 e. The lowest BCUT2D eigenvalue weighted by atomic mass is 9.72. The van der Waals surface area contributed by atoms with Crippen LogP contribution in [0.25, 0.3) is 0 Å². The summed E-state index contributed by atoms with van der Waals surface area (Å²) in [6.45, 7) is 3.65. The van der Waals surface area contributed by atoms with Crippen molar-refractivity contribution in [3.05, 3.63) is 34.3 Å². The lowest BCUT2D eigenvalue weighted by Gasteiger charge is -2.31. The Labute approximate surface area is 104 Å². The van der Waals surface area contributed by atoms with Crippen molar-refractivity contribution in [2.45, 2.75) is 32.1 Å². The molecule has 1 N–H and O–H groups in total. The third-order valence-corrected chi connectivity index (χ3v) is 4.41. The van der Waals surface area contributed by atoms with Gasteiger partial charge in [0, 0.05) is 9.89 Å². The molecule has 3 heteroatoms. The molecular weight excluding hydrogens is 268 g/mol. The van der Waals surface area contributed by atoms with Gasteiger partial charge in [0.2, 0.25) is 0 Å². The summed E-state index contributed by atoms with van der Waals surface area (Å²) in [5.74, 6) is -0.715. The van der Waals surface area contributed by atoms with E-state index in [4.69, 9.17) is 0 Å². The van der Waals surface area contributed by atoms with E-state index in [1.807, 2.05) is 38.1 Å². The molecular formula is C13H15BrO2. The second kappa shape index (κ2) is 3.59. The summed E-state index contributed by atoms with van der Waals surface area (Å²) in [5.41, 5.74) is 0.281. The molecule has 0 radical (unpaired) electrons. The van der Waals surface area contributed by atoms with Gasteiger partial charge in [0.15, 0.2) is 0 Å². The van der Waals surface area contributed by atoms with Gasteiger partial charge in [-0.05, 0) is 44.4 Å². The first-order valence-corrected chi connectivity index (χ1v) is 6.19. The van der Waals surface area contributed by atoms with Crippen LogP contribution in [0.15, 0.2) is 28.7 Å². The normalized spacial score (nSPS) is 18.2. The number of halogens is 1. The maximum Gasteiger partial charge on any atom is 0.309 e. The van der Waals surface area contributed by atoms with Crippen molar-refractivity contribution in [3.8, 4) is 0 Å². The van der Waals surface area contributed by atoms with Gasteiger partial charge in [-0.15, -0.1) is 0 Å². The minimum absolute atomic E-state index is 0.167. The molecule has 0 aliphatic heterocycles. The Morgan fingerprint density at radius 2 is 1.81 bits per heavy atom. The molecule has 2 nitrogen and oxygen atoms in total. The zero-order chi connectivity index (χ0) is 12.0. The van der Waals surface area contributed by atoms with E-state index in [1.165, 1.54) is 0 Å². The van der Waals surface area contributed by atoms with E-state index in [9.17, 15) is 9.90 Å². The third-order valence-electron chi connectivity index (χ3n) is 3.88. The molecule has 0 spiro atoms. The van der Waals surface area contributed by atoms with Gasteiger partial charge in [-0.2, -0.15) is 0 Å². The highest BCUT2D eigenvalue weighted by molar-refractivity contribution is 9.10. The predicted molar refractivity (Wildman–Crippen MR) is 66.5 cm³/mol. The quantitative estimate of drug-likeness (QED) is 0.920. The van der Waals surface area contributed by atoms with Crippen LogP contribution in [0.1, 0.15) is 32.3 Å². The third kappa shape index (κ3) is 1.58. The van der Waals surface area contributed by atoms with Crippen LogP contribution in [0, 0.1) is 5.41 Å². The van der Waals surface area contributed by atoms with E-state index in [2.05, 4.69) is 15.9 Å². The Kier molecular flexibility index (Phi) is 2.61. The minimum Gasteiger partial charge on any atom is -0.481 e. The molecule has 0 unspecified atom stereocenters. The molecule has 1 fully saturated rings. The highest BCUT2D eigenvalue weighted by Gasteiger charge is 2.59. The van der Waals surface area contributed by atoms with Crippen LogP contribution in [0.5, 0.6) is 0 Å². The fourth-order valence-electron chi connectivity index (χ4n) is 2.37. The summed E-state index contributed by atoms with van der Waals surface area (Å²) >= 11 is 3.40. The number of hydrogen-bond acceptors (Lipinski definition) is 1. The van der Waals surface area contributed by atoms with Crippen molar-refractivity contribution in [1.29, 1.82) is 0 Å². The van der Waals surface area contributed by atoms with Crippen LogP contribution in [-0.4, -0.2) is 11.1 Å². The monoisotopic (exact) mass is 282 g/mol. The zero-order valence-electron chi connectivity index (χ0n) is 9.46. The molecule has 1 saturated carbocycles. The molecule has 0 saturated heterocycles. The topological polar surface area (TPSA) is 37.3 Å². The van der Waals surface area contributed by atoms with Gasteiger partial charge < -0.3 is 5.11 Å². The molecule has 0 amide bonds. The highest BCUT2D eigenvalue weighted by Crippen LogP contribution is 2.59. The maximum atomic E-state index is 11.3. The van der Waals surface area contributed by atoms with Gasteiger partial charge in [-0.25, -0.2) is 0 Å². The van der Waals surface area contributed by atoms with Gasteiger partial charge >= 0.3 is 5.97 Å². The van der Waals surface area contributed by atoms with Crippen molar-refractivity contribution in [1.82, 2.24) is 0 Å². The second-order valence-corrected chi connectivity index (χ2v) is 5.93. The van der Waals surface area contributed by atoms with E-state index in [-0.39, 0.29) is 5.41 Å². The predicted octanol–water partition coefficient (Wildman–Crippen LogP) is 3.59. The minimum atomic E-state index is -0.715. The summed E-state index contributed by atoms with van der Waals surface area (Å²) in [7, 11) is 0. The molecule has 86 valence electrons. The van der Waals surface area contributed by atoms with Crippen LogP contribution in [0.4, 0.5) is 0 Å². The molecule has 0 bridgehead atoms. The Bertz CT molecular complexity index is 416. The average Bonchev–Trinajstić information content (AvgIpc) is 2.99. The number of benzene rings is 1. The van der Waals surface area contributed by atoms with Gasteiger partial charge in [0.1, 0.15) is 0 Å². The van der Waals surface area contributed by atoms with Gasteiger partial charge in [-0.3, -0.25) is 4.79 Å². The Morgan fingerprint density at radius 3 is 2.19 bits per heavy atom. The summed E-state index contributed by atoms with van der Waals surface area (Å²) in [4.78, 5) is 11.3. The molecule has 0 atom stereocenters. The number of rotatable bonds is 3. The number of carboxylic acid groups (broad SMARTS) is 1. The summed E-state index contributed by atoms with van der Waals surface area (Å²) in [5, 5.41) is 9.32. The molecule has 1 aromatic carbocycles. The maximum absolute atomic E-state index is 11.3. The number of aliphatic carboxylic acids is 1. The van der Waals surface area contributed by atoms with E-state index < -0.39 is 11.4 Å². The Balaban J connectivity index is 2.40. The standard InChI is InChI=1S/C13H15BrO2/c1-12(2,11(15)16)13(7-8-13)9-3-5-10(14)6-4-9/h3-6H,7-8H2,1-2H3,(H,15,16). The van der Waals surface area contributed by atoms with Crippen molar-refractivity contribution in [3.63, 3.8) is 0 Å². The van der Waals surface area contributed by atoms with Crippen molar-refractivity contribution in [2.75, 3.05) is 0 Å². The summed E-state index contributed by atoms with van der Waals surface area (Å²) in [6.07, 6.45) is 1.93. The van der Waals surface area contributed by atoms with E-state index in [0.717, 1.165) is 22.9 Å². The van der Waals surface area contributed by atoms with Crippen molar-refractivity contribution >= 4 is 21.9 Å². The van der Waals surface area contributed by atoms with Crippen LogP contribution >= 0.6 is 15.9 Å². The van der Waals surface area contributed by atoms with E-state index in [1.54, 1.807) is 0 Å². The van der Waals surface area contributed by atoms with Crippen LogP contribution in [0.2, 0.25) is 0 Å². The molecule has 1 aliphatic rings. The molecule has 1 aliphatic carbocycles. The molecule has 16 heavy (non-hydrogen) atoms. The summed E-state index contributed by atoms with van der Waals surface area (Å²) < 4.78 is 1.03. The molecule has 1 aromatic rings. The first kappa shape index (κ1) is 11.6. The zero-order valence-corrected chi connectivity index (χ0v) is 11.0. The van der Waals surface area contributed by atoms with Gasteiger partial charge in [0.25, 0.3) is 0 Å². The van der Waals surface area contributed by atoms with Gasteiger partial charge in [-0.1, -0.05) is 28.1 Å². The smallest absolute Gasteiger partial charge is 0.309 e. The molecule has 0 heterocycles. The SMILES string of the molecule is CC(C)(C(=O)O)C1(c2ccc(Br)cc2)CC1. The van der Waals surface area contributed by atoms with Crippen LogP contribution in [-0.2, 0) is 10.2 Å². The van der Waals surface area contributed by atoms with Crippen molar-refractivity contribution < 1.29 is 9.90 Å². The Hall–Kier alpha value is -0.830. The van der Waals surface area contributed by atoms with Crippen LogP contribution in [0.3, 0.4) is 0 Å². The number of hydrogen-bond donors (Lipinski definition) is 1. The lowest BCUT2D eigenvalue weighted by Crippen LogP contribution is -2.37. The first-order valence-electron chi connectivity index (χ1n) is 5.40. The Morgan fingerprint density at radius 1 is 1.31 bits per heavy atom. The number of carbonyl (C=O) groups is 1. The molecule has 0 aromatic heterocycles. The number of carboxylic acids is 1. The highest BCUT2D eigenvalue weighted by atomic mass is 79.9. The second-order valence-electron chi connectivity index (χ2n) is 5.02. The lowest BCUT2D eigenvalue weighted by molar-refractivity contribution is -0.149. The van der Waals surface area contributed by atoms with E-state index in [0.29, 0.717) is 0 Å². The molecule has 2 rings (SSSR count). The first-order chi connectivity index (χ1) is 7.40. The fourth-order valence-corrected chi connectivity index (χ4v) is 2.64. The average molecular weight is 283 g/mol. The van der Waals surface area contributed by atoms with Gasteiger partial charge in [0.05, 0.1) is 5.41 Å². The summed E-state index contributed by atoms with van der Waals surface area (Å²) in [6, 6.07) is 8.02. The van der Waals surface area contributed by atoms with E-state index >= 15 is 0 Å². The fraction of sp³-hybridized carbons (Fsp3) is 0.462.